The second kappa shape index (κ2) is 8.08. The molecular weight excluding hydrogens is 292 g/mol. The molecule has 0 bridgehead atoms. The lowest BCUT2D eigenvalue weighted by molar-refractivity contribution is 0.0601. The number of hydrogen-bond acceptors (Lipinski definition) is 4. The lowest BCUT2D eigenvalue weighted by Crippen LogP contribution is -2.33. The number of esters is 1. The van der Waals surface area contributed by atoms with E-state index in [9.17, 15) is 9.59 Å². The summed E-state index contributed by atoms with van der Waals surface area (Å²) in [5.41, 5.74) is 1.27. The molecule has 5 heteroatoms. The van der Waals surface area contributed by atoms with Gasteiger partial charge in [-0.15, -0.1) is 0 Å². The van der Waals surface area contributed by atoms with Crippen LogP contribution in [-0.2, 0) is 4.74 Å². The summed E-state index contributed by atoms with van der Waals surface area (Å²) in [5.74, 6) is -0.689. The first kappa shape index (κ1) is 16.7. The number of carbonyl (C=O) groups is 2. The van der Waals surface area contributed by atoms with Crippen LogP contribution in [0.25, 0.3) is 0 Å². The van der Waals surface area contributed by atoms with E-state index in [1.807, 2.05) is 0 Å². The van der Waals surface area contributed by atoms with Gasteiger partial charge in [-0.05, 0) is 30.7 Å². The van der Waals surface area contributed by atoms with Gasteiger partial charge >= 0.3 is 5.97 Å². The van der Waals surface area contributed by atoms with Gasteiger partial charge in [-0.2, -0.15) is 0 Å². The quantitative estimate of drug-likeness (QED) is 0.768. The molecule has 5 nitrogen and oxygen atoms in total. The molecule has 0 spiro atoms. The van der Waals surface area contributed by atoms with Gasteiger partial charge in [-0.25, -0.2) is 4.79 Å². The Labute approximate surface area is 135 Å². The molecular formula is C18H20N2O3. The van der Waals surface area contributed by atoms with Gasteiger partial charge in [0.15, 0.2) is 0 Å². The van der Waals surface area contributed by atoms with Crippen LogP contribution in [0.15, 0.2) is 48.7 Å². The molecule has 0 fully saturated rings. The van der Waals surface area contributed by atoms with Crippen molar-refractivity contribution < 1.29 is 14.3 Å². The Morgan fingerprint density at radius 1 is 1.13 bits per heavy atom. The summed E-state index contributed by atoms with van der Waals surface area (Å²) in [6, 6.07) is 12.2. The van der Waals surface area contributed by atoms with Crippen LogP contribution in [0.1, 0.15) is 40.6 Å². The average molecular weight is 312 g/mol. The van der Waals surface area contributed by atoms with Gasteiger partial charge in [0.1, 0.15) is 5.69 Å². The number of nitrogens with zero attached hydrogens (tertiary/aromatic N) is 2. The van der Waals surface area contributed by atoms with Gasteiger partial charge in [-0.3, -0.25) is 9.78 Å². The van der Waals surface area contributed by atoms with Gasteiger partial charge in [0.25, 0.3) is 5.91 Å². The maximum atomic E-state index is 12.8. The Bertz CT molecular complexity index is 671. The highest BCUT2D eigenvalue weighted by Crippen LogP contribution is 2.23. The van der Waals surface area contributed by atoms with Crippen LogP contribution in [0.3, 0.4) is 0 Å². The summed E-state index contributed by atoms with van der Waals surface area (Å²) in [7, 11) is 1.33. The van der Waals surface area contributed by atoms with E-state index in [4.69, 9.17) is 4.74 Å². The monoisotopic (exact) mass is 312 g/mol. The topological polar surface area (TPSA) is 59.5 Å². The fourth-order valence-corrected chi connectivity index (χ4v) is 2.27. The van der Waals surface area contributed by atoms with E-state index < -0.39 is 5.97 Å². The zero-order valence-electron chi connectivity index (χ0n) is 13.4. The van der Waals surface area contributed by atoms with Crippen LogP contribution in [0.2, 0.25) is 0 Å². The van der Waals surface area contributed by atoms with Gasteiger partial charge < -0.3 is 9.64 Å². The van der Waals surface area contributed by atoms with Crippen molar-refractivity contribution in [2.75, 3.05) is 18.6 Å². The molecule has 0 unspecified atom stereocenters. The fourth-order valence-electron chi connectivity index (χ4n) is 2.27. The van der Waals surface area contributed by atoms with Crippen molar-refractivity contribution in [1.29, 1.82) is 0 Å². The van der Waals surface area contributed by atoms with E-state index in [1.165, 1.54) is 7.11 Å². The third-order valence-electron chi connectivity index (χ3n) is 3.46. The number of amides is 1. The van der Waals surface area contributed by atoms with E-state index in [1.54, 1.807) is 53.6 Å². The van der Waals surface area contributed by atoms with Crippen molar-refractivity contribution in [2.24, 2.45) is 0 Å². The molecule has 0 saturated heterocycles. The minimum atomic E-state index is -0.462. The molecule has 0 aliphatic rings. The average Bonchev–Trinajstić information content (AvgIpc) is 2.62. The number of hydrogen-bond donors (Lipinski definition) is 0. The van der Waals surface area contributed by atoms with Crippen LogP contribution >= 0.6 is 0 Å². The van der Waals surface area contributed by atoms with Crippen LogP contribution in [-0.4, -0.2) is 30.5 Å². The highest BCUT2D eigenvalue weighted by atomic mass is 16.5. The second-order valence-corrected chi connectivity index (χ2v) is 5.03. The zero-order valence-corrected chi connectivity index (χ0v) is 13.4. The van der Waals surface area contributed by atoms with Gasteiger partial charge in [0.2, 0.25) is 0 Å². The minimum absolute atomic E-state index is 0.226. The number of para-hydroxylation sites is 1. The van der Waals surface area contributed by atoms with E-state index in [-0.39, 0.29) is 5.91 Å². The normalized spacial score (nSPS) is 10.2. The van der Waals surface area contributed by atoms with Crippen LogP contribution in [0.5, 0.6) is 0 Å². The molecule has 0 N–H and O–H groups in total. The van der Waals surface area contributed by atoms with E-state index in [2.05, 4.69) is 11.9 Å². The van der Waals surface area contributed by atoms with Gasteiger partial charge in [-0.1, -0.05) is 31.5 Å². The number of unbranched alkanes of at least 4 members (excludes halogenated alkanes) is 1. The third-order valence-corrected chi connectivity index (χ3v) is 3.46. The smallest absolute Gasteiger partial charge is 0.339 e. The van der Waals surface area contributed by atoms with Crippen molar-refractivity contribution in [3.05, 3.63) is 59.9 Å². The molecule has 2 rings (SSSR count). The van der Waals surface area contributed by atoms with E-state index in [0.717, 1.165) is 12.8 Å². The number of anilines is 1. The third kappa shape index (κ3) is 3.94. The first-order valence-corrected chi connectivity index (χ1v) is 7.59. The Kier molecular flexibility index (Phi) is 5.86. The maximum Gasteiger partial charge on any atom is 0.339 e. The maximum absolute atomic E-state index is 12.8. The highest BCUT2D eigenvalue weighted by molar-refractivity contribution is 6.08. The standard InChI is InChI=1S/C18H20N2O3/c1-3-4-13-20(17(21)15-10-7-8-12-19-15)16-11-6-5-9-14(16)18(22)23-2/h5-12H,3-4,13H2,1-2H3. The molecule has 23 heavy (non-hydrogen) atoms. The lowest BCUT2D eigenvalue weighted by atomic mass is 10.1. The Morgan fingerprint density at radius 3 is 2.52 bits per heavy atom. The van der Waals surface area contributed by atoms with E-state index >= 15 is 0 Å². The molecule has 1 amide bonds. The van der Waals surface area contributed by atoms with Crippen molar-refractivity contribution in [2.45, 2.75) is 19.8 Å². The molecule has 120 valence electrons. The first-order chi connectivity index (χ1) is 11.2. The van der Waals surface area contributed by atoms with Crippen molar-refractivity contribution in [1.82, 2.24) is 4.98 Å². The summed E-state index contributed by atoms with van der Waals surface area (Å²) in [4.78, 5) is 30.5. The van der Waals surface area contributed by atoms with Gasteiger partial charge in [0.05, 0.1) is 18.4 Å². The SMILES string of the molecule is CCCCN(C(=O)c1ccccn1)c1ccccc1C(=O)OC. The van der Waals surface area contributed by atoms with Gasteiger partial charge in [0, 0.05) is 12.7 Å². The number of rotatable bonds is 6. The minimum Gasteiger partial charge on any atom is -0.465 e. The predicted octanol–water partition coefficient (Wildman–Crippen LogP) is 3.32. The number of aromatic nitrogens is 1. The number of pyridine rings is 1. The number of ether oxygens (including phenoxy) is 1. The highest BCUT2D eigenvalue weighted by Gasteiger charge is 2.23. The molecule has 0 saturated carbocycles. The zero-order chi connectivity index (χ0) is 16.7. The molecule has 1 aromatic carbocycles. The number of carbonyl (C=O) groups excluding carboxylic acids is 2. The van der Waals surface area contributed by atoms with Crippen molar-refractivity contribution in [3.63, 3.8) is 0 Å². The van der Waals surface area contributed by atoms with Crippen molar-refractivity contribution in [3.8, 4) is 0 Å². The Balaban J connectivity index is 2.43. The largest absolute Gasteiger partial charge is 0.465 e. The molecule has 0 atom stereocenters. The van der Waals surface area contributed by atoms with Crippen LogP contribution < -0.4 is 4.90 Å². The summed E-state index contributed by atoms with van der Waals surface area (Å²) in [5, 5.41) is 0. The first-order valence-electron chi connectivity index (χ1n) is 7.59. The summed E-state index contributed by atoms with van der Waals surface area (Å²) in [6.45, 7) is 2.57. The molecule has 0 radical (unpaired) electrons. The molecule has 2 aromatic rings. The number of benzene rings is 1. The molecule has 0 aliphatic heterocycles. The summed E-state index contributed by atoms with van der Waals surface area (Å²) >= 11 is 0. The van der Waals surface area contributed by atoms with E-state index in [0.29, 0.717) is 23.5 Å². The Hall–Kier alpha value is -2.69. The fraction of sp³-hybridized carbons (Fsp3) is 0.278. The lowest BCUT2D eigenvalue weighted by Gasteiger charge is -2.24. The van der Waals surface area contributed by atoms with Crippen molar-refractivity contribution >= 4 is 17.6 Å². The second-order valence-electron chi connectivity index (χ2n) is 5.03. The Morgan fingerprint density at radius 2 is 1.87 bits per heavy atom. The summed E-state index contributed by atoms with van der Waals surface area (Å²) < 4.78 is 4.82. The molecule has 0 aliphatic carbocycles. The predicted molar refractivity (Wildman–Crippen MR) is 88.6 cm³/mol. The van der Waals surface area contributed by atoms with Crippen LogP contribution in [0.4, 0.5) is 5.69 Å². The molecule has 1 aromatic heterocycles. The summed E-state index contributed by atoms with van der Waals surface area (Å²) in [6.07, 6.45) is 3.35. The molecule has 1 heterocycles. The van der Waals surface area contributed by atoms with Crippen LogP contribution in [0, 0.1) is 0 Å². The number of methoxy groups -OCH3 is 1.